The number of guanidine groups is 1. The van der Waals surface area contributed by atoms with Gasteiger partial charge in [-0.1, -0.05) is 13.8 Å². The van der Waals surface area contributed by atoms with Crippen LogP contribution in [0.5, 0.6) is 0 Å². The zero-order valence-corrected chi connectivity index (χ0v) is 18.3. The molecule has 14 heteroatoms. The molecule has 0 fully saturated rings. The highest BCUT2D eigenvalue weighted by Gasteiger charge is 2.31. The van der Waals surface area contributed by atoms with Crippen molar-refractivity contribution in [3.63, 3.8) is 0 Å². The van der Waals surface area contributed by atoms with E-state index in [1.807, 2.05) is 0 Å². The van der Waals surface area contributed by atoms with E-state index in [0.717, 1.165) is 0 Å². The summed E-state index contributed by atoms with van der Waals surface area (Å²) in [6.45, 7) is 4.92. The highest BCUT2D eigenvalue weighted by molar-refractivity contribution is 5.94. The highest BCUT2D eigenvalue weighted by atomic mass is 16.4. The van der Waals surface area contributed by atoms with Crippen LogP contribution in [0.15, 0.2) is 4.99 Å². The fraction of sp³-hybridized carbons (Fsp3) is 0.667. The average molecular weight is 460 g/mol. The third-order valence-corrected chi connectivity index (χ3v) is 4.23. The van der Waals surface area contributed by atoms with Gasteiger partial charge in [-0.15, -0.1) is 0 Å². The molecule has 14 nitrogen and oxygen atoms in total. The smallest absolute Gasteiger partial charge is 0.326 e. The molecule has 0 radical (unpaired) electrons. The maximum absolute atomic E-state index is 12.8. The lowest BCUT2D eigenvalue weighted by Gasteiger charge is -2.26. The second-order valence-electron chi connectivity index (χ2n) is 7.53. The first-order chi connectivity index (χ1) is 14.8. The maximum atomic E-state index is 12.8. The van der Waals surface area contributed by atoms with Crippen LogP contribution >= 0.6 is 0 Å². The number of nitrogens with zero attached hydrogens (tertiary/aromatic N) is 1. The summed E-state index contributed by atoms with van der Waals surface area (Å²) in [5, 5.41) is 25.1. The summed E-state index contributed by atoms with van der Waals surface area (Å²) in [5.74, 6) is -5.67. The lowest BCUT2D eigenvalue weighted by molar-refractivity contribution is -0.147. The molecule has 0 aliphatic rings. The Kier molecular flexibility index (Phi) is 12.3. The molecule has 0 saturated heterocycles. The van der Waals surface area contributed by atoms with Gasteiger partial charge < -0.3 is 43.4 Å². The quantitative estimate of drug-likeness (QED) is 0.0744. The second-order valence-corrected chi connectivity index (χ2v) is 7.53. The molecule has 11 N–H and O–H groups in total. The largest absolute Gasteiger partial charge is 0.481 e. The van der Waals surface area contributed by atoms with E-state index in [2.05, 4.69) is 20.9 Å². The van der Waals surface area contributed by atoms with E-state index >= 15 is 0 Å². The Hall–Kier alpha value is -3.42. The van der Waals surface area contributed by atoms with Gasteiger partial charge in [-0.2, -0.15) is 0 Å². The van der Waals surface area contributed by atoms with Crippen LogP contribution in [0, 0.1) is 5.92 Å². The molecular weight excluding hydrogens is 426 g/mol. The lowest BCUT2D eigenvalue weighted by Crippen LogP contribution is -2.58. The average Bonchev–Trinajstić information content (AvgIpc) is 2.66. The number of hydrogen-bond donors (Lipinski definition) is 8. The molecule has 0 bridgehead atoms. The first kappa shape index (κ1) is 28.6. The number of rotatable bonds is 14. The summed E-state index contributed by atoms with van der Waals surface area (Å²) < 4.78 is 0. The van der Waals surface area contributed by atoms with Crippen molar-refractivity contribution in [2.24, 2.45) is 28.1 Å². The van der Waals surface area contributed by atoms with Crippen molar-refractivity contribution in [1.82, 2.24) is 16.0 Å². The van der Waals surface area contributed by atoms with E-state index in [1.165, 1.54) is 6.92 Å². The van der Waals surface area contributed by atoms with Crippen LogP contribution in [-0.4, -0.2) is 76.5 Å². The molecule has 0 heterocycles. The van der Waals surface area contributed by atoms with E-state index < -0.39 is 60.2 Å². The Bertz CT molecular complexity index is 720. The summed E-state index contributed by atoms with van der Waals surface area (Å²) >= 11 is 0. The Balaban J connectivity index is 5.51. The van der Waals surface area contributed by atoms with Gasteiger partial charge >= 0.3 is 11.9 Å². The van der Waals surface area contributed by atoms with Crippen molar-refractivity contribution in [2.45, 2.75) is 64.2 Å². The molecule has 0 aromatic heterocycles. The van der Waals surface area contributed by atoms with Gasteiger partial charge in [-0.05, 0) is 25.7 Å². The van der Waals surface area contributed by atoms with Gasteiger partial charge in [0.15, 0.2) is 5.96 Å². The van der Waals surface area contributed by atoms with Crippen molar-refractivity contribution in [2.75, 3.05) is 6.54 Å². The zero-order valence-electron chi connectivity index (χ0n) is 18.3. The fourth-order valence-corrected chi connectivity index (χ4v) is 2.50. The third kappa shape index (κ3) is 11.1. The van der Waals surface area contributed by atoms with Crippen LogP contribution < -0.4 is 33.2 Å². The van der Waals surface area contributed by atoms with Crippen LogP contribution in [-0.2, 0) is 24.0 Å². The van der Waals surface area contributed by atoms with Gasteiger partial charge in [-0.25, -0.2) is 4.79 Å². The molecular formula is C18H33N7O7. The number of carboxylic acids is 2. The zero-order chi connectivity index (χ0) is 25.0. The molecule has 0 aliphatic carbocycles. The molecule has 3 amide bonds. The van der Waals surface area contributed by atoms with Crippen molar-refractivity contribution >= 4 is 35.6 Å². The molecule has 0 spiro atoms. The number of carbonyl (C=O) groups is 5. The topological polar surface area (TPSA) is 252 Å². The number of amides is 3. The predicted molar refractivity (Wildman–Crippen MR) is 114 cm³/mol. The number of carbonyl (C=O) groups excluding carboxylic acids is 3. The SMILES string of the molecule is CC(N)C(=O)NC(C(=O)NC(CCCN=C(N)N)C(=O)NC(CC(=O)O)C(=O)O)C(C)C. The number of aliphatic imine (C=N–C) groups is 1. The molecule has 182 valence electrons. The van der Waals surface area contributed by atoms with Crippen molar-refractivity contribution < 1.29 is 34.2 Å². The molecule has 0 aromatic carbocycles. The number of aliphatic carboxylic acids is 2. The van der Waals surface area contributed by atoms with Gasteiger partial charge in [0.05, 0.1) is 12.5 Å². The van der Waals surface area contributed by atoms with Crippen molar-refractivity contribution in [3.05, 3.63) is 0 Å². The second kappa shape index (κ2) is 13.8. The van der Waals surface area contributed by atoms with Gasteiger partial charge in [0.1, 0.15) is 18.1 Å². The normalized spacial score (nSPS) is 14.4. The van der Waals surface area contributed by atoms with E-state index in [9.17, 15) is 24.0 Å². The van der Waals surface area contributed by atoms with Crippen LogP contribution in [0.4, 0.5) is 0 Å². The lowest BCUT2D eigenvalue weighted by atomic mass is 10.0. The molecule has 32 heavy (non-hydrogen) atoms. The summed E-state index contributed by atoms with van der Waals surface area (Å²) in [7, 11) is 0. The van der Waals surface area contributed by atoms with Crippen molar-refractivity contribution in [3.8, 4) is 0 Å². The Labute approximate surface area is 185 Å². The summed E-state index contributed by atoms with van der Waals surface area (Å²) in [6, 6.07) is -4.82. The van der Waals surface area contributed by atoms with Gasteiger partial charge in [0, 0.05) is 6.54 Å². The molecule has 0 saturated carbocycles. The first-order valence-corrected chi connectivity index (χ1v) is 9.92. The highest BCUT2D eigenvalue weighted by Crippen LogP contribution is 2.06. The van der Waals surface area contributed by atoms with Crippen LogP contribution in [0.25, 0.3) is 0 Å². The summed E-state index contributed by atoms with van der Waals surface area (Å²) in [5.41, 5.74) is 16.0. The minimum absolute atomic E-state index is 0.0137. The monoisotopic (exact) mass is 459 g/mol. The van der Waals surface area contributed by atoms with Crippen molar-refractivity contribution in [1.29, 1.82) is 0 Å². The summed E-state index contributed by atoms with van der Waals surface area (Å²) in [4.78, 5) is 63.2. The number of nitrogens with two attached hydrogens (primary N) is 3. The Morgan fingerprint density at radius 1 is 0.875 bits per heavy atom. The molecule has 4 unspecified atom stereocenters. The van der Waals surface area contributed by atoms with Gasteiger partial charge in [0.2, 0.25) is 17.7 Å². The predicted octanol–water partition coefficient (Wildman–Crippen LogP) is -2.94. The van der Waals surface area contributed by atoms with Crippen LogP contribution in [0.1, 0.15) is 40.0 Å². The van der Waals surface area contributed by atoms with Crippen LogP contribution in [0.2, 0.25) is 0 Å². The minimum atomic E-state index is -1.70. The molecule has 0 aromatic rings. The van der Waals surface area contributed by atoms with E-state index in [0.29, 0.717) is 0 Å². The minimum Gasteiger partial charge on any atom is -0.481 e. The number of hydrogen-bond acceptors (Lipinski definition) is 7. The van der Waals surface area contributed by atoms with Crippen LogP contribution in [0.3, 0.4) is 0 Å². The van der Waals surface area contributed by atoms with E-state index in [1.54, 1.807) is 13.8 Å². The van der Waals surface area contributed by atoms with Gasteiger partial charge in [0.25, 0.3) is 0 Å². The van der Waals surface area contributed by atoms with E-state index in [-0.39, 0.29) is 31.3 Å². The Morgan fingerprint density at radius 3 is 1.88 bits per heavy atom. The third-order valence-electron chi connectivity index (χ3n) is 4.23. The molecule has 4 atom stereocenters. The first-order valence-electron chi connectivity index (χ1n) is 9.92. The Morgan fingerprint density at radius 2 is 1.44 bits per heavy atom. The molecule has 0 aliphatic heterocycles. The number of carboxylic acid groups (broad SMARTS) is 2. The summed E-state index contributed by atoms with van der Waals surface area (Å²) in [6.07, 6.45) is -0.597. The van der Waals surface area contributed by atoms with Gasteiger partial charge in [-0.3, -0.25) is 24.2 Å². The molecule has 0 rings (SSSR count). The number of nitrogens with one attached hydrogen (secondary N) is 3. The van der Waals surface area contributed by atoms with E-state index in [4.69, 9.17) is 27.4 Å². The standard InChI is InChI=1S/C18H33N7O7/c1-8(2)13(25-14(28)9(3)19)16(30)23-10(5-4-6-22-18(20)21)15(29)24-11(17(31)32)7-12(26)27/h8-11,13H,4-7,19H2,1-3H3,(H,23,30)(H,24,29)(H,25,28)(H,26,27)(H,31,32)(H4,20,21,22). The maximum Gasteiger partial charge on any atom is 0.326 e. The fourth-order valence-electron chi connectivity index (χ4n) is 2.50.